The Hall–Kier alpha value is -1.67. The summed E-state index contributed by atoms with van der Waals surface area (Å²) in [6.07, 6.45) is -0.401. The molecule has 0 aliphatic rings. The van der Waals surface area contributed by atoms with Crippen molar-refractivity contribution >= 4 is 0 Å². The Labute approximate surface area is 120 Å². The van der Waals surface area contributed by atoms with E-state index >= 15 is 0 Å². The van der Waals surface area contributed by atoms with Gasteiger partial charge in [-0.05, 0) is 28.2 Å². The molecule has 0 radical (unpaired) electrons. The quantitative estimate of drug-likeness (QED) is 0.878. The van der Waals surface area contributed by atoms with Crippen LogP contribution < -0.4 is 0 Å². The van der Waals surface area contributed by atoms with Crippen LogP contribution in [0, 0.1) is 5.82 Å². The molecule has 20 heavy (non-hydrogen) atoms. The zero-order valence-electron chi connectivity index (χ0n) is 12.2. The smallest absolute Gasteiger partial charge is 0.126 e. The summed E-state index contributed by atoms with van der Waals surface area (Å²) in [5.74, 6) is -0.264. The second-order valence-electron chi connectivity index (χ2n) is 6.15. The summed E-state index contributed by atoms with van der Waals surface area (Å²) in [5, 5.41) is 10.5. The number of halogens is 1. The van der Waals surface area contributed by atoms with Gasteiger partial charge in [0.15, 0.2) is 0 Å². The lowest BCUT2D eigenvalue weighted by atomic mass is 9.81. The fourth-order valence-electron chi connectivity index (χ4n) is 2.45. The van der Waals surface area contributed by atoms with Crippen molar-refractivity contribution in [2.24, 2.45) is 0 Å². The Bertz CT molecular complexity index is 584. The summed E-state index contributed by atoms with van der Waals surface area (Å²) in [6, 6.07) is 14.4. The molecule has 0 aliphatic heterocycles. The third-order valence-electron chi connectivity index (χ3n) is 3.50. The van der Waals surface area contributed by atoms with Crippen LogP contribution in [0.4, 0.5) is 4.39 Å². The largest absolute Gasteiger partial charge is 0.388 e. The molecule has 0 heterocycles. The van der Waals surface area contributed by atoms with Gasteiger partial charge in [0, 0.05) is 6.42 Å². The number of hydrogen-bond donors (Lipinski definition) is 1. The lowest BCUT2D eigenvalue weighted by molar-refractivity contribution is 0.174. The Balaban J connectivity index is 2.31. The van der Waals surface area contributed by atoms with Gasteiger partial charge < -0.3 is 5.11 Å². The van der Waals surface area contributed by atoms with Crippen LogP contribution in [-0.2, 0) is 11.8 Å². The van der Waals surface area contributed by atoms with Gasteiger partial charge in [-0.15, -0.1) is 0 Å². The van der Waals surface area contributed by atoms with Gasteiger partial charge in [0.2, 0.25) is 0 Å². The van der Waals surface area contributed by atoms with Gasteiger partial charge in [0.25, 0.3) is 0 Å². The monoisotopic (exact) mass is 272 g/mol. The van der Waals surface area contributed by atoms with Gasteiger partial charge in [-0.25, -0.2) is 4.39 Å². The van der Waals surface area contributed by atoms with Crippen molar-refractivity contribution in [1.29, 1.82) is 0 Å². The third kappa shape index (κ3) is 3.26. The van der Waals surface area contributed by atoms with Gasteiger partial charge in [-0.3, -0.25) is 0 Å². The lowest BCUT2D eigenvalue weighted by Crippen LogP contribution is -2.17. The average molecular weight is 272 g/mol. The zero-order valence-corrected chi connectivity index (χ0v) is 12.2. The highest BCUT2D eigenvalue weighted by atomic mass is 19.1. The van der Waals surface area contributed by atoms with E-state index in [1.807, 2.05) is 24.3 Å². The topological polar surface area (TPSA) is 20.2 Å². The minimum absolute atomic E-state index is 0.0488. The van der Waals surface area contributed by atoms with E-state index in [0.717, 1.165) is 11.1 Å². The van der Waals surface area contributed by atoms with Crippen LogP contribution in [0.3, 0.4) is 0 Å². The molecule has 1 atom stereocenters. The van der Waals surface area contributed by atoms with Crippen molar-refractivity contribution in [1.82, 2.24) is 0 Å². The van der Waals surface area contributed by atoms with Crippen LogP contribution in [0.2, 0.25) is 0 Å². The number of aliphatic hydroxyl groups excluding tert-OH is 1. The van der Waals surface area contributed by atoms with Gasteiger partial charge >= 0.3 is 0 Å². The molecule has 0 aliphatic carbocycles. The molecule has 1 unspecified atom stereocenters. The molecule has 1 nitrogen and oxygen atoms in total. The maximum atomic E-state index is 13.7. The number of rotatable bonds is 3. The van der Waals surface area contributed by atoms with E-state index in [2.05, 4.69) is 20.8 Å². The molecular weight excluding hydrogens is 251 g/mol. The van der Waals surface area contributed by atoms with Crippen LogP contribution in [0.25, 0.3) is 0 Å². The van der Waals surface area contributed by atoms with Crippen molar-refractivity contribution in [3.05, 3.63) is 71.0 Å². The highest BCUT2D eigenvalue weighted by Gasteiger charge is 2.22. The van der Waals surface area contributed by atoms with Gasteiger partial charge in [0.05, 0.1) is 6.10 Å². The summed E-state index contributed by atoms with van der Waals surface area (Å²) >= 11 is 0. The fraction of sp³-hybridized carbons (Fsp3) is 0.333. The molecule has 2 aromatic carbocycles. The van der Waals surface area contributed by atoms with E-state index in [4.69, 9.17) is 0 Å². The number of aliphatic hydroxyl groups is 1. The normalized spacial score (nSPS) is 13.2. The number of benzene rings is 2. The highest BCUT2D eigenvalue weighted by Crippen LogP contribution is 2.31. The van der Waals surface area contributed by atoms with Crippen molar-refractivity contribution < 1.29 is 9.50 Å². The SMILES string of the molecule is CC(C)(C)c1ccccc1C(O)Cc1ccccc1F. The fourth-order valence-corrected chi connectivity index (χ4v) is 2.45. The Kier molecular flexibility index (Phi) is 4.24. The van der Waals surface area contributed by atoms with Crippen LogP contribution in [0.1, 0.15) is 43.6 Å². The molecule has 1 N–H and O–H groups in total. The molecule has 2 rings (SSSR count). The summed E-state index contributed by atoms with van der Waals surface area (Å²) in [6.45, 7) is 6.34. The second kappa shape index (κ2) is 5.76. The predicted molar refractivity (Wildman–Crippen MR) is 80.2 cm³/mol. The average Bonchev–Trinajstić information content (AvgIpc) is 2.40. The molecule has 0 fully saturated rings. The molecule has 106 valence electrons. The van der Waals surface area contributed by atoms with E-state index in [1.165, 1.54) is 6.07 Å². The van der Waals surface area contributed by atoms with E-state index in [0.29, 0.717) is 12.0 Å². The first-order valence-electron chi connectivity index (χ1n) is 6.90. The second-order valence-corrected chi connectivity index (χ2v) is 6.15. The van der Waals surface area contributed by atoms with Crippen molar-refractivity contribution in [2.75, 3.05) is 0 Å². The maximum Gasteiger partial charge on any atom is 0.126 e. The van der Waals surface area contributed by atoms with Gasteiger partial charge in [-0.1, -0.05) is 63.2 Å². The van der Waals surface area contributed by atoms with Crippen molar-refractivity contribution in [3.63, 3.8) is 0 Å². The molecule has 0 amide bonds. The van der Waals surface area contributed by atoms with Crippen LogP contribution in [0.5, 0.6) is 0 Å². The van der Waals surface area contributed by atoms with E-state index in [1.54, 1.807) is 18.2 Å². The van der Waals surface area contributed by atoms with E-state index < -0.39 is 6.10 Å². The van der Waals surface area contributed by atoms with Crippen molar-refractivity contribution in [2.45, 2.75) is 38.7 Å². The summed E-state index contributed by atoms with van der Waals surface area (Å²) in [4.78, 5) is 0. The molecule has 0 aromatic heterocycles. The molecule has 2 aromatic rings. The molecule has 0 saturated carbocycles. The van der Waals surface area contributed by atoms with Crippen molar-refractivity contribution in [3.8, 4) is 0 Å². The standard InChI is InChI=1S/C18H21FO/c1-18(2,3)15-10-6-5-9-14(15)17(20)12-13-8-4-7-11-16(13)19/h4-11,17,20H,12H2,1-3H3. The maximum absolute atomic E-state index is 13.7. The van der Waals surface area contributed by atoms with Crippen LogP contribution >= 0.6 is 0 Å². The number of hydrogen-bond acceptors (Lipinski definition) is 1. The summed E-state index contributed by atoms with van der Waals surface area (Å²) in [7, 11) is 0. The predicted octanol–water partition coefficient (Wildman–Crippen LogP) is 4.40. The van der Waals surface area contributed by atoms with E-state index in [9.17, 15) is 9.50 Å². The van der Waals surface area contributed by atoms with Gasteiger partial charge in [-0.2, -0.15) is 0 Å². The third-order valence-corrected chi connectivity index (χ3v) is 3.50. The van der Waals surface area contributed by atoms with Crippen LogP contribution in [0.15, 0.2) is 48.5 Å². The molecule has 0 spiro atoms. The van der Waals surface area contributed by atoms with E-state index in [-0.39, 0.29) is 11.2 Å². The lowest BCUT2D eigenvalue weighted by Gasteiger charge is -2.25. The zero-order chi connectivity index (χ0) is 14.8. The first kappa shape index (κ1) is 14.7. The Morgan fingerprint density at radius 2 is 1.60 bits per heavy atom. The van der Waals surface area contributed by atoms with Gasteiger partial charge in [0.1, 0.15) is 5.82 Å². The summed E-state index contributed by atoms with van der Waals surface area (Å²) in [5.41, 5.74) is 2.48. The molecule has 0 bridgehead atoms. The first-order chi connectivity index (χ1) is 9.39. The highest BCUT2D eigenvalue weighted by molar-refractivity contribution is 5.35. The Morgan fingerprint density at radius 3 is 2.25 bits per heavy atom. The molecule has 0 saturated heterocycles. The molecular formula is C18H21FO. The summed E-state index contributed by atoms with van der Waals surface area (Å²) < 4.78 is 13.7. The minimum atomic E-state index is -0.692. The Morgan fingerprint density at radius 1 is 1.00 bits per heavy atom. The van der Waals surface area contributed by atoms with Crippen LogP contribution in [-0.4, -0.2) is 5.11 Å². The minimum Gasteiger partial charge on any atom is -0.388 e. The molecule has 2 heteroatoms. The first-order valence-corrected chi connectivity index (χ1v) is 6.90.